The maximum Gasteiger partial charge on any atom is 0.573 e. The van der Waals surface area contributed by atoms with E-state index in [1.165, 1.54) is 30.3 Å². The van der Waals surface area contributed by atoms with E-state index in [0.29, 0.717) is 5.56 Å². The highest BCUT2D eigenvalue weighted by molar-refractivity contribution is 5.68. The van der Waals surface area contributed by atoms with Gasteiger partial charge in [-0.25, -0.2) is 4.79 Å². The van der Waals surface area contributed by atoms with E-state index < -0.39 is 35.7 Å². The molecule has 0 aliphatic heterocycles. The van der Waals surface area contributed by atoms with Crippen LogP contribution in [0.5, 0.6) is 11.5 Å². The number of alkyl halides is 6. The molecule has 0 fully saturated rings. The number of hydrogen-bond donors (Lipinski definition) is 1. The second-order valence-electron chi connectivity index (χ2n) is 8.14. The molecular formula is C27H23F6NO4. The van der Waals surface area contributed by atoms with Crippen molar-refractivity contribution in [2.24, 2.45) is 0 Å². The standard InChI is InChI=1S/C27H23F6NO4/c1-2-14-36-24(35)34-18-25(17-19-8-4-3-5-9-19,20-10-6-12-22(15-20)37-26(28,29)30)21-11-7-13-23(16-21)38-27(31,32)33/h2-13,15-16H,1,14,17-18H2,(H,34,35). The number of carbonyl (C=O) groups excluding carboxylic acids is 1. The van der Waals surface area contributed by atoms with Gasteiger partial charge in [0.2, 0.25) is 0 Å². The van der Waals surface area contributed by atoms with Gasteiger partial charge in [-0.3, -0.25) is 0 Å². The molecule has 3 aromatic carbocycles. The lowest BCUT2D eigenvalue weighted by Gasteiger charge is -2.36. The molecule has 0 atom stereocenters. The molecule has 38 heavy (non-hydrogen) atoms. The van der Waals surface area contributed by atoms with E-state index in [0.717, 1.165) is 24.3 Å². The van der Waals surface area contributed by atoms with Gasteiger partial charge in [-0.05, 0) is 47.4 Å². The summed E-state index contributed by atoms with van der Waals surface area (Å²) in [6, 6.07) is 18.8. The topological polar surface area (TPSA) is 56.8 Å². The molecular weight excluding hydrogens is 516 g/mol. The molecule has 202 valence electrons. The molecule has 0 aromatic heterocycles. The number of alkyl carbamates (subject to hydrolysis) is 1. The maximum atomic E-state index is 13.0. The van der Waals surface area contributed by atoms with Gasteiger partial charge in [-0.2, -0.15) is 0 Å². The van der Waals surface area contributed by atoms with E-state index in [9.17, 15) is 31.1 Å². The Morgan fingerprint density at radius 1 is 0.789 bits per heavy atom. The fourth-order valence-electron chi connectivity index (χ4n) is 3.97. The molecule has 0 spiro atoms. The van der Waals surface area contributed by atoms with Crippen molar-refractivity contribution in [1.82, 2.24) is 5.32 Å². The Bertz CT molecular complexity index is 1170. The first-order chi connectivity index (χ1) is 17.9. The molecule has 0 bridgehead atoms. The molecule has 0 aliphatic rings. The lowest BCUT2D eigenvalue weighted by atomic mass is 9.70. The summed E-state index contributed by atoms with van der Waals surface area (Å²) in [5.74, 6) is -1.08. The fourth-order valence-corrected chi connectivity index (χ4v) is 3.97. The summed E-state index contributed by atoms with van der Waals surface area (Å²) < 4.78 is 91.1. The smallest absolute Gasteiger partial charge is 0.445 e. The Morgan fingerprint density at radius 2 is 1.32 bits per heavy atom. The maximum absolute atomic E-state index is 13.0. The van der Waals surface area contributed by atoms with Crippen molar-refractivity contribution in [2.75, 3.05) is 13.2 Å². The minimum Gasteiger partial charge on any atom is -0.445 e. The number of nitrogens with one attached hydrogen (secondary N) is 1. The summed E-state index contributed by atoms with van der Waals surface area (Å²) in [5.41, 5.74) is -0.226. The first-order valence-electron chi connectivity index (χ1n) is 11.2. The number of hydrogen-bond acceptors (Lipinski definition) is 4. The van der Waals surface area contributed by atoms with Gasteiger partial charge >= 0.3 is 18.8 Å². The van der Waals surface area contributed by atoms with Crippen LogP contribution >= 0.6 is 0 Å². The summed E-state index contributed by atoms with van der Waals surface area (Å²) in [6.07, 6.45) is -9.40. The number of benzene rings is 3. The first kappa shape index (κ1) is 28.4. The zero-order chi connectivity index (χ0) is 27.8. The molecule has 0 unspecified atom stereocenters. The third-order valence-electron chi connectivity index (χ3n) is 5.46. The molecule has 11 heteroatoms. The van der Waals surface area contributed by atoms with Crippen molar-refractivity contribution in [2.45, 2.75) is 24.6 Å². The normalized spacial score (nSPS) is 11.9. The average Bonchev–Trinajstić information content (AvgIpc) is 2.84. The monoisotopic (exact) mass is 539 g/mol. The third-order valence-corrected chi connectivity index (χ3v) is 5.46. The van der Waals surface area contributed by atoms with Crippen molar-refractivity contribution in [3.63, 3.8) is 0 Å². The van der Waals surface area contributed by atoms with Crippen molar-refractivity contribution >= 4 is 6.09 Å². The van der Waals surface area contributed by atoms with Crippen LogP contribution in [0.2, 0.25) is 0 Å². The third kappa shape index (κ3) is 8.19. The van der Waals surface area contributed by atoms with Crippen LogP contribution in [-0.2, 0) is 16.6 Å². The van der Waals surface area contributed by atoms with Crippen molar-refractivity contribution < 1.29 is 45.3 Å². The van der Waals surface area contributed by atoms with Crippen molar-refractivity contribution in [3.8, 4) is 11.5 Å². The summed E-state index contributed by atoms with van der Waals surface area (Å²) in [5, 5.41) is 2.58. The summed E-state index contributed by atoms with van der Waals surface area (Å²) in [7, 11) is 0. The SMILES string of the molecule is C=CCOC(=O)NCC(Cc1ccccc1)(c1cccc(OC(F)(F)F)c1)c1cccc(OC(F)(F)F)c1. The largest absolute Gasteiger partial charge is 0.573 e. The van der Waals surface area contributed by atoms with E-state index in [1.54, 1.807) is 30.3 Å². The van der Waals surface area contributed by atoms with E-state index in [2.05, 4.69) is 21.4 Å². The Balaban J connectivity index is 2.20. The van der Waals surface area contributed by atoms with Gasteiger partial charge < -0.3 is 19.5 Å². The number of amides is 1. The minimum absolute atomic E-state index is 0.0700. The van der Waals surface area contributed by atoms with Crippen LogP contribution in [0, 0.1) is 0 Å². The summed E-state index contributed by atoms with van der Waals surface area (Å²) in [4.78, 5) is 12.3. The molecule has 0 heterocycles. The van der Waals surface area contributed by atoms with E-state index in [1.807, 2.05) is 0 Å². The minimum atomic E-state index is -4.98. The highest BCUT2D eigenvalue weighted by atomic mass is 19.4. The fraction of sp³-hybridized carbons (Fsp3) is 0.222. The highest BCUT2D eigenvalue weighted by Gasteiger charge is 2.38. The molecule has 5 nitrogen and oxygen atoms in total. The molecule has 0 saturated carbocycles. The second kappa shape index (κ2) is 11.9. The zero-order valence-corrected chi connectivity index (χ0v) is 19.8. The van der Waals surface area contributed by atoms with Gasteiger partial charge in [-0.15, -0.1) is 26.3 Å². The Labute approximate surface area is 214 Å². The lowest BCUT2D eigenvalue weighted by Crippen LogP contribution is -2.43. The van der Waals surface area contributed by atoms with Crippen LogP contribution in [0.3, 0.4) is 0 Å². The van der Waals surface area contributed by atoms with Gasteiger partial charge in [0.1, 0.15) is 18.1 Å². The van der Waals surface area contributed by atoms with E-state index in [-0.39, 0.29) is 30.7 Å². The second-order valence-corrected chi connectivity index (χ2v) is 8.14. The zero-order valence-electron chi connectivity index (χ0n) is 19.8. The molecule has 1 amide bonds. The number of ether oxygens (including phenoxy) is 3. The van der Waals surface area contributed by atoms with Crippen LogP contribution in [0.4, 0.5) is 31.1 Å². The lowest BCUT2D eigenvalue weighted by molar-refractivity contribution is -0.275. The average molecular weight is 539 g/mol. The molecule has 0 aliphatic carbocycles. The van der Waals surface area contributed by atoms with Gasteiger partial charge in [0.05, 0.1) is 0 Å². The molecule has 0 saturated heterocycles. The van der Waals surface area contributed by atoms with Crippen LogP contribution in [0.15, 0.2) is 91.5 Å². The summed E-state index contributed by atoms with van der Waals surface area (Å²) in [6.45, 7) is 3.08. The predicted octanol–water partition coefficient (Wildman–Crippen LogP) is 6.92. The highest BCUT2D eigenvalue weighted by Crippen LogP contribution is 2.39. The molecule has 0 radical (unpaired) electrons. The van der Waals surface area contributed by atoms with Crippen LogP contribution in [0.1, 0.15) is 16.7 Å². The van der Waals surface area contributed by atoms with Crippen LogP contribution < -0.4 is 14.8 Å². The quantitative estimate of drug-likeness (QED) is 0.224. The van der Waals surface area contributed by atoms with Crippen molar-refractivity contribution in [3.05, 3.63) is 108 Å². The summed E-state index contributed by atoms with van der Waals surface area (Å²) >= 11 is 0. The Morgan fingerprint density at radius 3 is 1.79 bits per heavy atom. The molecule has 1 N–H and O–H groups in total. The predicted molar refractivity (Wildman–Crippen MR) is 127 cm³/mol. The number of carbonyl (C=O) groups is 1. The van der Waals surface area contributed by atoms with Gasteiger partial charge in [0.15, 0.2) is 0 Å². The first-order valence-corrected chi connectivity index (χ1v) is 11.2. The Kier molecular flexibility index (Phi) is 8.92. The van der Waals surface area contributed by atoms with Crippen LogP contribution in [0.25, 0.3) is 0 Å². The van der Waals surface area contributed by atoms with E-state index in [4.69, 9.17) is 4.74 Å². The number of halogens is 6. The van der Waals surface area contributed by atoms with Gasteiger partial charge in [0.25, 0.3) is 0 Å². The number of rotatable bonds is 10. The molecule has 3 rings (SSSR count). The Hall–Kier alpha value is -4.15. The van der Waals surface area contributed by atoms with Crippen LogP contribution in [-0.4, -0.2) is 32.0 Å². The van der Waals surface area contributed by atoms with E-state index >= 15 is 0 Å². The molecule has 3 aromatic rings. The van der Waals surface area contributed by atoms with Gasteiger partial charge in [0, 0.05) is 12.0 Å². The van der Waals surface area contributed by atoms with Gasteiger partial charge in [-0.1, -0.05) is 67.3 Å². The van der Waals surface area contributed by atoms with Crippen molar-refractivity contribution in [1.29, 1.82) is 0 Å².